The van der Waals surface area contributed by atoms with Gasteiger partial charge in [-0.3, -0.25) is 4.21 Å². The van der Waals surface area contributed by atoms with Crippen LogP contribution in [0.3, 0.4) is 0 Å². The topological polar surface area (TPSA) is 60.4 Å². The first-order chi connectivity index (χ1) is 5.11. The van der Waals surface area contributed by atoms with Crippen LogP contribution in [0.15, 0.2) is 23.1 Å². The van der Waals surface area contributed by atoms with Crippen molar-refractivity contribution in [3.63, 3.8) is 0 Å². The molecule has 3 nitrogen and oxygen atoms in total. The van der Waals surface area contributed by atoms with Crippen molar-refractivity contribution >= 4 is 22.7 Å². The van der Waals surface area contributed by atoms with Crippen LogP contribution in [0.4, 0.5) is 0 Å². The van der Waals surface area contributed by atoms with E-state index in [0.717, 1.165) is 0 Å². The predicted octanol–water partition coefficient (Wildman–Crippen LogP) is 1.28. The summed E-state index contributed by atoms with van der Waals surface area (Å²) in [4.78, 5) is 0.0628. The van der Waals surface area contributed by atoms with Gasteiger partial charge in [0.1, 0.15) is 5.75 Å². The highest BCUT2D eigenvalue weighted by atomic mass is 35.5. The van der Waals surface area contributed by atoms with Gasteiger partial charge >= 0.3 is 0 Å². The smallest absolute Gasteiger partial charge is 0.134 e. The normalized spacial score (nSPS) is 12.9. The Morgan fingerprint density at radius 2 is 2.18 bits per heavy atom. The molecular weight excluding hydrogens is 188 g/mol. The molecule has 0 aliphatic heterocycles. The van der Waals surface area contributed by atoms with Gasteiger partial charge in [0.05, 0.1) is 5.02 Å². The van der Waals surface area contributed by atoms with Crippen molar-refractivity contribution in [1.82, 2.24) is 0 Å². The Bertz CT molecular complexity index is 300. The number of benzene rings is 1. The maximum atomic E-state index is 10.3. The van der Waals surface area contributed by atoms with Crippen LogP contribution in [0.5, 0.6) is 5.75 Å². The molecule has 0 heterocycles. The Morgan fingerprint density at radius 1 is 1.55 bits per heavy atom. The van der Waals surface area contributed by atoms with Crippen molar-refractivity contribution in [1.29, 1.82) is 0 Å². The first-order valence-electron chi connectivity index (χ1n) is 2.69. The van der Waals surface area contributed by atoms with Gasteiger partial charge in [-0.05, 0) is 29.3 Å². The number of hydrogen-bond donors (Lipinski definition) is 1. The second-order valence-electron chi connectivity index (χ2n) is 1.85. The third-order valence-electron chi connectivity index (χ3n) is 1.11. The molecule has 60 valence electrons. The molecule has 0 fully saturated rings. The fourth-order valence-corrected chi connectivity index (χ4v) is 1.23. The van der Waals surface area contributed by atoms with Gasteiger partial charge in [-0.1, -0.05) is 11.6 Å². The number of phenols is 1. The van der Waals surface area contributed by atoms with Crippen molar-refractivity contribution in [2.75, 3.05) is 0 Å². The molecular formula is C6H4ClO3S-. The van der Waals surface area contributed by atoms with Crippen molar-refractivity contribution in [2.45, 2.75) is 4.90 Å². The van der Waals surface area contributed by atoms with E-state index < -0.39 is 11.1 Å². The summed E-state index contributed by atoms with van der Waals surface area (Å²) in [5, 5.41) is 8.93. The molecule has 1 unspecified atom stereocenters. The number of halogens is 1. The maximum Gasteiger partial charge on any atom is 0.134 e. The van der Waals surface area contributed by atoms with Crippen LogP contribution >= 0.6 is 11.6 Å². The minimum absolute atomic E-state index is 0.0340. The third kappa shape index (κ3) is 1.92. The van der Waals surface area contributed by atoms with Crippen LogP contribution < -0.4 is 0 Å². The second kappa shape index (κ2) is 3.21. The molecule has 0 bridgehead atoms. The van der Waals surface area contributed by atoms with Crippen LogP contribution in [-0.4, -0.2) is 13.9 Å². The van der Waals surface area contributed by atoms with E-state index in [-0.39, 0.29) is 15.7 Å². The largest absolute Gasteiger partial charge is 0.768 e. The van der Waals surface area contributed by atoms with Crippen molar-refractivity contribution in [2.24, 2.45) is 0 Å². The van der Waals surface area contributed by atoms with E-state index in [1.165, 1.54) is 18.2 Å². The fraction of sp³-hybridized carbons (Fsp3) is 0. The summed E-state index contributed by atoms with van der Waals surface area (Å²) in [6.45, 7) is 0. The second-order valence-corrected chi connectivity index (χ2v) is 3.20. The monoisotopic (exact) mass is 191 g/mol. The predicted molar refractivity (Wildman–Crippen MR) is 40.3 cm³/mol. The highest BCUT2D eigenvalue weighted by molar-refractivity contribution is 7.79. The van der Waals surface area contributed by atoms with Gasteiger partial charge in [0.2, 0.25) is 0 Å². The SMILES string of the molecule is O=S([O-])c1ccc(O)c(Cl)c1. The standard InChI is InChI=1S/C6H5ClO3S/c7-5-3-4(11(9)10)1-2-6(5)8/h1-3,8H,(H,9,10)/p-1. The average molecular weight is 192 g/mol. The first-order valence-corrected chi connectivity index (χ1v) is 4.14. The summed E-state index contributed by atoms with van der Waals surface area (Å²) in [7, 11) is 0. The molecule has 0 saturated carbocycles. The summed E-state index contributed by atoms with van der Waals surface area (Å²) in [6.07, 6.45) is 0. The molecule has 0 radical (unpaired) electrons. The van der Waals surface area contributed by atoms with E-state index in [9.17, 15) is 8.76 Å². The van der Waals surface area contributed by atoms with Gasteiger partial charge in [0.15, 0.2) is 0 Å². The molecule has 1 aromatic rings. The summed E-state index contributed by atoms with van der Waals surface area (Å²) < 4.78 is 20.6. The summed E-state index contributed by atoms with van der Waals surface area (Å²) in [5.74, 6) is -0.124. The average Bonchev–Trinajstić information content (AvgIpc) is 1.94. The minimum atomic E-state index is -2.29. The van der Waals surface area contributed by atoms with E-state index in [0.29, 0.717) is 0 Å². The van der Waals surface area contributed by atoms with Gasteiger partial charge in [-0.15, -0.1) is 0 Å². The van der Waals surface area contributed by atoms with Gasteiger partial charge in [-0.2, -0.15) is 0 Å². The van der Waals surface area contributed by atoms with Crippen LogP contribution in [-0.2, 0) is 11.1 Å². The minimum Gasteiger partial charge on any atom is -0.768 e. The lowest BCUT2D eigenvalue weighted by Gasteiger charge is -2.04. The molecule has 0 saturated heterocycles. The van der Waals surface area contributed by atoms with E-state index in [4.69, 9.17) is 16.7 Å². The number of rotatable bonds is 1. The molecule has 1 aromatic carbocycles. The summed E-state index contributed by atoms with van der Waals surface area (Å²) in [6, 6.07) is 3.68. The molecule has 0 aliphatic carbocycles. The number of hydrogen-bond acceptors (Lipinski definition) is 3. The quantitative estimate of drug-likeness (QED) is 0.681. The molecule has 0 spiro atoms. The third-order valence-corrected chi connectivity index (χ3v) is 2.05. The first kappa shape index (κ1) is 8.52. The van der Waals surface area contributed by atoms with Gasteiger partial charge in [0.25, 0.3) is 0 Å². The lowest BCUT2D eigenvalue weighted by molar-refractivity contribution is 0.475. The van der Waals surface area contributed by atoms with Crippen LogP contribution in [0.2, 0.25) is 5.02 Å². The van der Waals surface area contributed by atoms with E-state index in [2.05, 4.69) is 0 Å². The number of aromatic hydroxyl groups is 1. The molecule has 5 heteroatoms. The fourth-order valence-electron chi connectivity index (χ4n) is 0.591. The molecule has 1 N–H and O–H groups in total. The molecule has 0 aliphatic rings. The van der Waals surface area contributed by atoms with Crippen LogP contribution in [0.25, 0.3) is 0 Å². The Kier molecular flexibility index (Phi) is 2.49. The zero-order valence-corrected chi connectivity index (χ0v) is 6.85. The molecule has 0 aromatic heterocycles. The summed E-state index contributed by atoms with van der Waals surface area (Å²) >= 11 is 3.14. The molecule has 0 amide bonds. The van der Waals surface area contributed by atoms with Crippen LogP contribution in [0.1, 0.15) is 0 Å². The van der Waals surface area contributed by atoms with Crippen molar-refractivity contribution in [3.8, 4) is 5.75 Å². The Hall–Kier alpha value is -0.580. The van der Waals surface area contributed by atoms with Crippen molar-refractivity contribution < 1.29 is 13.9 Å². The Balaban J connectivity index is 3.15. The van der Waals surface area contributed by atoms with E-state index in [1.807, 2.05) is 0 Å². The van der Waals surface area contributed by atoms with E-state index in [1.54, 1.807) is 0 Å². The van der Waals surface area contributed by atoms with E-state index >= 15 is 0 Å². The maximum absolute atomic E-state index is 10.3. The highest BCUT2D eigenvalue weighted by Gasteiger charge is 1.98. The Labute approximate surface area is 70.9 Å². The summed E-state index contributed by atoms with van der Waals surface area (Å²) in [5.41, 5.74) is 0. The molecule has 1 atom stereocenters. The zero-order valence-electron chi connectivity index (χ0n) is 5.28. The van der Waals surface area contributed by atoms with Gasteiger partial charge < -0.3 is 9.66 Å². The molecule has 11 heavy (non-hydrogen) atoms. The molecule has 1 rings (SSSR count). The lowest BCUT2D eigenvalue weighted by atomic mass is 10.3. The zero-order chi connectivity index (χ0) is 8.43. The van der Waals surface area contributed by atoms with Gasteiger partial charge in [0, 0.05) is 4.90 Å². The Morgan fingerprint density at radius 3 is 2.64 bits per heavy atom. The van der Waals surface area contributed by atoms with Crippen LogP contribution in [0, 0.1) is 0 Å². The van der Waals surface area contributed by atoms with Gasteiger partial charge in [-0.25, -0.2) is 0 Å². The lowest BCUT2D eigenvalue weighted by Crippen LogP contribution is -1.87. The van der Waals surface area contributed by atoms with Crippen molar-refractivity contribution in [3.05, 3.63) is 23.2 Å². The number of phenolic OH excluding ortho intramolecular Hbond substituents is 1. The highest BCUT2D eigenvalue weighted by Crippen LogP contribution is 2.24.